The Balaban J connectivity index is 2.24. The van der Waals surface area contributed by atoms with Gasteiger partial charge in [0.05, 0.1) is 6.04 Å². The van der Waals surface area contributed by atoms with Crippen LogP contribution >= 0.6 is 0 Å². The zero-order valence-corrected chi connectivity index (χ0v) is 9.70. The summed E-state index contributed by atoms with van der Waals surface area (Å²) in [7, 11) is 0. The second kappa shape index (κ2) is 3.67. The summed E-state index contributed by atoms with van der Waals surface area (Å²) in [5.74, 6) is -0.205. The standard InChI is InChI=1S/C15H14FN/c1-2-9-3-5-11-13-8-10(16)4-6-12(13)15(17)14(11)7-9/h3-8,15H,2,17H2,1H3. The minimum Gasteiger partial charge on any atom is -0.320 e. The third-order valence-corrected chi connectivity index (χ3v) is 3.50. The SMILES string of the molecule is CCc1ccc2c(c1)C(N)c1ccc(F)cc1-2. The van der Waals surface area contributed by atoms with Gasteiger partial charge in [0.25, 0.3) is 0 Å². The van der Waals surface area contributed by atoms with Crippen molar-refractivity contribution < 1.29 is 4.39 Å². The average molecular weight is 227 g/mol. The number of hydrogen-bond donors (Lipinski definition) is 1. The van der Waals surface area contributed by atoms with Crippen LogP contribution in [0.25, 0.3) is 11.1 Å². The molecule has 0 aliphatic heterocycles. The molecule has 0 spiro atoms. The predicted octanol–water partition coefficient (Wildman–Crippen LogP) is 3.42. The lowest BCUT2D eigenvalue weighted by atomic mass is 10.0. The molecule has 0 bridgehead atoms. The van der Waals surface area contributed by atoms with E-state index in [2.05, 4.69) is 25.1 Å². The molecule has 0 amide bonds. The number of aryl methyl sites for hydroxylation is 1. The third kappa shape index (κ3) is 1.48. The van der Waals surface area contributed by atoms with Crippen LogP contribution in [0, 0.1) is 5.82 Å². The fourth-order valence-corrected chi connectivity index (χ4v) is 2.54. The molecule has 0 fully saturated rings. The van der Waals surface area contributed by atoms with Crippen molar-refractivity contribution in [1.29, 1.82) is 0 Å². The van der Waals surface area contributed by atoms with Gasteiger partial charge in [-0.2, -0.15) is 0 Å². The summed E-state index contributed by atoms with van der Waals surface area (Å²) < 4.78 is 13.3. The van der Waals surface area contributed by atoms with E-state index in [-0.39, 0.29) is 11.9 Å². The van der Waals surface area contributed by atoms with Crippen molar-refractivity contribution in [2.45, 2.75) is 19.4 Å². The van der Waals surface area contributed by atoms with Crippen LogP contribution in [0.1, 0.15) is 29.7 Å². The van der Waals surface area contributed by atoms with Crippen molar-refractivity contribution in [1.82, 2.24) is 0 Å². The molecule has 1 atom stereocenters. The van der Waals surface area contributed by atoms with Crippen LogP contribution in [0.3, 0.4) is 0 Å². The van der Waals surface area contributed by atoms with Gasteiger partial charge in [0.15, 0.2) is 0 Å². The third-order valence-electron chi connectivity index (χ3n) is 3.50. The Morgan fingerprint density at radius 1 is 1.06 bits per heavy atom. The molecule has 86 valence electrons. The number of rotatable bonds is 1. The van der Waals surface area contributed by atoms with Crippen LogP contribution < -0.4 is 5.73 Å². The Morgan fingerprint density at radius 3 is 2.65 bits per heavy atom. The Kier molecular flexibility index (Phi) is 2.26. The molecule has 0 saturated heterocycles. The van der Waals surface area contributed by atoms with Crippen LogP contribution in [0.2, 0.25) is 0 Å². The lowest BCUT2D eigenvalue weighted by Gasteiger charge is -2.07. The number of hydrogen-bond acceptors (Lipinski definition) is 1. The lowest BCUT2D eigenvalue weighted by Crippen LogP contribution is -2.08. The van der Waals surface area contributed by atoms with Crippen molar-refractivity contribution in [2.75, 3.05) is 0 Å². The topological polar surface area (TPSA) is 26.0 Å². The maximum absolute atomic E-state index is 13.3. The van der Waals surface area contributed by atoms with Gasteiger partial charge in [0, 0.05) is 0 Å². The summed E-state index contributed by atoms with van der Waals surface area (Å²) in [5, 5.41) is 0. The molecule has 1 aliphatic rings. The van der Waals surface area contributed by atoms with E-state index in [9.17, 15) is 4.39 Å². The zero-order chi connectivity index (χ0) is 12.0. The van der Waals surface area contributed by atoms with E-state index in [0.717, 1.165) is 28.7 Å². The summed E-state index contributed by atoms with van der Waals surface area (Å²) >= 11 is 0. The molecular formula is C15H14FN. The second-order valence-corrected chi connectivity index (χ2v) is 4.48. The molecule has 2 aromatic rings. The molecule has 0 radical (unpaired) electrons. The molecule has 2 heteroatoms. The molecule has 17 heavy (non-hydrogen) atoms. The molecular weight excluding hydrogens is 213 g/mol. The highest BCUT2D eigenvalue weighted by Gasteiger charge is 2.26. The zero-order valence-electron chi connectivity index (χ0n) is 9.70. The monoisotopic (exact) mass is 227 g/mol. The molecule has 0 saturated carbocycles. The van der Waals surface area contributed by atoms with E-state index < -0.39 is 0 Å². The van der Waals surface area contributed by atoms with E-state index in [1.165, 1.54) is 11.6 Å². The van der Waals surface area contributed by atoms with E-state index in [4.69, 9.17) is 5.73 Å². The molecule has 0 heterocycles. The van der Waals surface area contributed by atoms with Crippen molar-refractivity contribution in [3.63, 3.8) is 0 Å². The van der Waals surface area contributed by atoms with E-state index in [1.807, 2.05) is 0 Å². The first-order valence-electron chi connectivity index (χ1n) is 5.89. The summed E-state index contributed by atoms with van der Waals surface area (Å²) in [6.07, 6.45) is 0.991. The molecule has 2 N–H and O–H groups in total. The fourth-order valence-electron chi connectivity index (χ4n) is 2.54. The highest BCUT2D eigenvalue weighted by atomic mass is 19.1. The van der Waals surface area contributed by atoms with Crippen LogP contribution in [-0.2, 0) is 6.42 Å². The molecule has 0 aromatic heterocycles. The highest BCUT2D eigenvalue weighted by Crippen LogP contribution is 2.42. The average Bonchev–Trinajstić information content (AvgIpc) is 2.62. The van der Waals surface area contributed by atoms with E-state index >= 15 is 0 Å². The number of benzene rings is 2. The van der Waals surface area contributed by atoms with Gasteiger partial charge in [-0.3, -0.25) is 0 Å². The second-order valence-electron chi connectivity index (χ2n) is 4.48. The molecule has 1 unspecified atom stereocenters. The number of fused-ring (bicyclic) bond motifs is 3. The lowest BCUT2D eigenvalue weighted by molar-refractivity contribution is 0.627. The van der Waals surface area contributed by atoms with Crippen LogP contribution in [0.15, 0.2) is 36.4 Å². The van der Waals surface area contributed by atoms with Crippen LogP contribution in [-0.4, -0.2) is 0 Å². The summed E-state index contributed by atoms with van der Waals surface area (Å²) in [6, 6.07) is 11.0. The Morgan fingerprint density at radius 2 is 1.88 bits per heavy atom. The summed E-state index contributed by atoms with van der Waals surface area (Å²) in [4.78, 5) is 0. The van der Waals surface area contributed by atoms with Gasteiger partial charge in [0.1, 0.15) is 5.82 Å². The van der Waals surface area contributed by atoms with Gasteiger partial charge in [-0.05, 0) is 46.4 Å². The smallest absolute Gasteiger partial charge is 0.123 e. The van der Waals surface area contributed by atoms with Gasteiger partial charge in [-0.25, -0.2) is 4.39 Å². The van der Waals surface area contributed by atoms with Gasteiger partial charge in [0.2, 0.25) is 0 Å². The number of halogens is 1. The van der Waals surface area contributed by atoms with Crippen molar-refractivity contribution in [3.05, 3.63) is 58.9 Å². The first-order chi connectivity index (χ1) is 8.20. The molecule has 1 nitrogen and oxygen atoms in total. The van der Waals surface area contributed by atoms with Gasteiger partial charge in [-0.1, -0.05) is 31.2 Å². The fraction of sp³-hybridized carbons (Fsp3) is 0.200. The van der Waals surface area contributed by atoms with Crippen LogP contribution in [0.4, 0.5) is 4.39 Å². The Labute approximate surface area is 100 Å². The molecule has 2 aromatic carbocycles. The Bertz CT molecular complexity index is 589. The maximum Gasteiger partial charge on any atom is 0.123 e. The van der Waals surface area contributed by atoms with Crippen molar-refractivity contribution in [2.24, 2.45) is 5.73 Å². The van der Waals surface area contributed by atoms with Gasteiger partial charge in [-0.15, -0.1) is 0 Å². The largest absolute Gasteiger partial charge is 0.320 e. The van der Waals surface area contributed by atoms with Crippen LogP contribution in [0.5, 0.6) is 0 Å². The van der Waals surface area contributed by atoms with Gasteiger partial charge < -0.3 is 5.73 Å². The van der Waals surface area contributed by atoms with E-state index in [1.54, 1.807) is 12.1 Å². The van der Waals surface area contributed by atoms with Crippen molar-refractivity contribution in [3.8, 4) is 11.1 Å². The summed E-state index contributed by atoms with van der Waals surface area (Å²) in [5.41, 5.74) is 11.6. The predicted molar refractivity (Wildman–Crippen MR) is 67.2 cm³/mol. The summed E-state index contributed by atoms with van der Waals surface area (Å²) in [6.45, 7) is 2.12. The van der Waals surface area contributed by atoms with E-state index in [0.29, 0.717) is 0 Å². The quantitative estimate of drug-likeness (QED) is 0.793. The first kappa shape index (κ1) is 10.5. The van der Waals surface area contributed by atoms with Gasteiger partial charge >= 0.3 is 0 Å². The first-order valence-corrected chi connectivity index (χ1v) is 5.89. The Hall–Kier alpha value is -1.67. The molecule has 3 rings (SSSR count). The minimum atomic E-state index is -0.205. The minimum absolute atomic E-state index is 0.118. The van der Waals surface area contributed by atoms with Crippen molar-refractivity contribution >= 4 is 0 Å². The highest BCUT2D eigenvalue weighted by molar-refractivity contribution is 5.78. The maximum atomic E-state index is 13.3. The number of nitrogens with two attached hydrogens (primary N) is 1. The normalized spacial score (nSPS) is 16.8. The molecule has 1 aliphatic carbocycles.